The molecule has 0 radical (unpaired) electrons. The van der Waals surface area contributed by atoms with Crippen molar-refractivity contribution in [2.24, 2.45) is 0 Å². The minimum atomic E-state index is -0.233. The Hall–Kier alpha value is -0.880. The molecule has 4 nitrogen and oxygen atoms in total. The Labute approximate surface area is 92.2 Å². The van der Waals surface area contributed by atoms with Crippen molar-refractivity contribution >= 4 is 32.2 Å². The Balaban J connectivity index is 3.03. The lowest BCUT2D eigenvalue weighted by molar-refractivity contribution is -0.676. The maximum atomic E-state index is 11.6. The van der Waals surface area contributed by atoms with E-state index in [0.29, 0.717) is 6.54 Å². The van der Waals surface area contributed by atoms with E-state index in [2.05, 4.69) is 15.9 Å². The van der Waals surface area contributed by atoms with Crippen LogP contribution in [-0.2, 0) is 6.54 Å². The van der Waals surface area contributed by atoms with Crippen LogP contribution in [0.5, 0.6) is 5.88 Å². The number of halogens is 1. The van der Waals surface area contributed by atoms with Gasteiger partial charge in [0.25, 0.3) is 0 Å². The second-order valence-corrected chi connectivity index (χ2v) is 4.41. The molecule has 1 N–H and O–H groups in total. The topological polar surface area (TPSA) is 45.6 Å². The molecule has 2 aromatic rings. The molecule has 0 amide bonds. The summed E-state index contributed by atoms with van der Waals surface area (Å²) >= 11 is 4.50. The molecule has 0 aliphatic rings. The number of aromatic nitrogens is 2. The number of nitrogens with zero attached hydrogens (tertiary/aromatic N) is 2. The number of hydrogen-bond donors (Lipinski definition) is 1. The number of rotatable bonds is 1. The third kappa shape index (κ3) is 1.18. The highest BCUT2D eigenvalue weighted by atomic mass is 79.9. The maximum Gasteiger partial charge on any atom is 0.361 e. The van der Waals surface area contributed by atoms with Gasteiger partial charge < -0.3 is 5.11 Å². The van der Waals surface area contributed by atoms with Gasteiger partial charge >= 0.3 is 16.4 Å². The molecule has 0 fully saturated rings. The largest absolute Gasteiger partial charge is 0.477 e. The van der Waals surface area contributed by atoms with E-state index in [1.807, 2.05) is 12.3 Å². The molecule has 0 aliphatic carbocycles. The molecule has 6 heteroatoms. The van der Waals surface area contributed by atoms with Gasteiger partial charge in [0, 0.05) is 5.38 Å². The van der Waals surface area contributed by atoms with E-state index in [1.54, 1.807) is 10.8 Å². The van der Waals surface area contributed by atoms with Crippen LogP contribution in [0.15, 0.2) is 20.8 Å². The number of thiazole rings is 1. The van der Waals surface area contributed by atoms with Crippen molar-refractivity contribution in [2.75, 3.05) is 0 Å². The van der Waals surface area contributed by atoms with E-state index >= 15 is 0 Å². The third-order valence-electron chi connectivity index (χ3n) is 2.00. The maximum absolute atomic E-state index is 11.6. The van der Waals surface area contributed by atoms with Crippen LogP contribution in [0, 0.1) is 0 Å². The van der Waals surface area contributed by atoms with Crippen LogP contribution >= 0.6 is 27.3 Å². The van der Waals surface area contributed by atoms with Crippen molar-refractivity contribution in [2.45, 2.75) is 13.5 Å². The van der Waals surface area contributed by atoms with Gasteiger partial charge in [-0.15, -0.1) is 0 Å². The van der Waals surface area contributed by atoms with Gasteiger partial charge in [-0.2, -0.15) is 8.97 Å². The number of fused-ring (bicyclic) bond motifs is 1. The molecule has 0 unspecified atom stereocenters. The van der Waals surface area contributed by atoms with Crippen LogP contribution < -0.4 is 10.1 Å². The predicted octanol–water partition coefficient (Wildman–Crippen LogP) is 1.14. The molecule has 0 atom stereocenters. The Morgan fingerprint density at radius 3 is 3.07 bits per heavy atom. The van der Waals surface area contributed by atoms with Crippen LogP contribution in [0.2, 0.25) is 0 Å². The number of hydrogen-bond acceptors (Lipinski definition) is 3. The Kier molecular flexibility index (Phi) is 2.32. The van der Waals surface area contributed by atoms with Gasteiger partial charge in [0.05, 0.1) is 6.54 Å². The molecule has 0 saturated heterocycles. The van der Waals surface area contributed by atoms with Gasteiger partial charge in [0.15, 0.2) is 4.47 Å². The summed E-state index contributed by atoms with van der Waals surface area (Å²) in [7, 11) is 0. The fourth-order valence-corrected chi connectivity index (χ4v) is 2.63. The average molecular weight is 276 g/mol. The summed E-state index contributed by atoms with van der Waals surface area (Å²) in [5.74, 6) is -0.0139. The molecule has 2 aromatic heterocycles. The van der Waals surface area contributed by atoms with Gasteiger partial charge in [0.2, 0.25) is 0 Å². The van der Waals surface area contributed by atoms with E-state index < -0.39 is 0 Å². The summed E-state index contributed by atoms with van der Waals surface area (Å²) in [5.41, 5.74) is -0.233. The van der Waals surface area contributed by atoms with Crippen molar-refractivity contribution in [3.8, 4) is 5.88 Å². The Morgan fingerprint density at radius 2 is 2.43 bits per heavy atom. The van der Waals surface area contributed by atoms with Crippen molar-refractivity contribution in [1.82, 2.24) is 4.40 Å². The molecular formula is C8H8BrN2O2S+. The summed E-state index contributed by atoms with van der Waals surface area (Å²) in [6.07, 6.45) is 1.69. The zero-order valence-corrected chi connectivity index (χ0v) is 9.80. The molecule has 0 aromatic carbocycles. The lowest BCUT2D eigenvalue weighted by atomic mass is 10.5. The third-order valence-corrected chi connectivity index (χ3v) is 3.57. The minimum Gasteiger partial charge on any atom is -0.477 e. The summed E-state index contributed by atoms with van der Waals surface area (Å²) in [5, 5.41) is 11.5. The minimum absolute atomic E-state index is 0.0139. The van der Waals surface area contributed by atoms with Crippen molar-refractivity contribution in [3.63, 3.8) is 0 Å². The monoisotopic (exact) mass is 275 g/mol. The average Bonchev–Trinajstić information content (AvgIpc) is 2.64. The molecule has 0 saturated carbocycles. The molecule has 74 valence electrons. The fraction of sp³-hybridized carbons (Fsp3) is 0.250. The van der Waals surface area contributed by atoms with Gasteiger partial charge in [0.1, 0.15) is 6.20 Å². The summed E-state index contributed by atoms with van der Waals surface area (Å²) in [4.78, 5) is 12.4. The number of aromatic hydroxyl groups is 1. The first-order valence-electron chi connectivity index (χ1n) is 4.07. The molecule has 2 rings (SSSR count). The van der Waals surface area contributed by atoms with Crippen LogP contribution in [0.4, 0.5) is 0 Å². The molecule has 14 heavy (non-hydrogen) atoms. The normalized spacial score (nSPS) is 11.0. The van der Waals surface area contributed by atoms with E-state index in [9.17, 15) is 9.90 Å². The van der Waals surface area contributed by atoms with E-state index in [1.165, 1.54) is 15.7 Å². The highest BCUT2D eigenvalue weighted by Gasteiger charge is 2.21. The standard InChI is InChI=1S/C8H7BrN2O2S/c1-2-10-6(12)5(9)7(13)11-3-4-14-8(10)11/h3-4H,2H2,1H3/p+1. The van der Waals surface area contributed by atoms with Gasteiger partial charge in [-0.3, -0.25) is 0 Å². The quantitative estimate of drug-likeness (QED) is 0.794. The predicted molar refractivity (Wildman–Crippen MR) is 56.8 cm³/mol. The second-order valence-electron chi connectivity index (χ2n) is 2.74. The lowest BCUT2D eigenvalue weighted by Crippen LogP contribution is -2.38. The summed E-state index contributed by atoms with van der Waals surface area (Å²) in [6.45, 7) is 2.53. The number of aryl methyl sites for hydroxylation is 1. The first-order chi connectivity index (χ1) is 6.66. The second kappa shape index (κ2) is 3.36. The van der Waals surface area contributed by atoms with Crippen LogP contribution in [0.1, 0.15) is 6.92 Å². The van der Waals surface area contributed by atoms with Crippen LogP contribution in [0.3, 0.4) is 0 Å². The van der Waals surface area contributed by atoms with Crippen molar-refractivity contribution in [1.29, 1.82) is 0 Å². The summed E-state index contributed by atoms with van der Waals surface area (Å²) < 4.78 is 3.39. The van der Waals surface area contributed by atoms with E-state index in [0.717, 1.165) is 4.96 Å². The zero-order chi connectivity index (χ0) is 10.3. The van der Waals surface area contributed by atoms with Gasteiger partial charge in [-0.25, -0.2) is 4.79 Å². The SMILES string of the molecule is CC[n+]1c(O)c(Br)c(=O)n2ccsc21. The van der Waals surface area contributed by atoms with Gasteiger partial charge in [-0.05, 0) is 22.9 Å². The van der Waals surface area contributed by atoms with Crippen LogP contribution in [-0.4, -0.2) is 9.51 Å². The van der Waals surface area contributed by atoms with Gasteiger partial charge in [-0.1, -0.05) is 11.3 Å². The molecule has 2 heterocycles. The van der Waals surface area contributed by atoms with E-state index in [-0.39, 0.29) is 15.9 Å². The molecular weight excluding hydrogens is 268 g/mol. The first-order valence-corrected chi connectivity index (χ1v) is 5.74. The first kappa shape index (κ1) is 9.67. The Morgan fingerprint density at radius 1 is 1.71 bits per heavy atom. The molecule has 0 aliphatic heterocycles. The van der Waals surface area contributed by atoms with Crippen molar-refractivity contribution < 1.29 is 9.67 Å². The van der Waals surface area contributed by atoms with E-state index in [4.69, 9.17) is 0 Å². The smallest absolute Gasteiger partial charge is 0.361 e. The van der Waals surface area contributed by atoms with Crippen molar-refractivity contribution in [3.05, 3.63) is 26.4 Å². The Bertz CT molecular complexity index is 546. The molecule has 0 bridgehead atoms. The van der Waals surface area contributed by atoms with Crippen LogP contribution in [0.25, 0.3) is 4.96 Å². The molecule has 0 spiro atoms. The highest BCUT2D eigenvalue weighted by Crippen LogP contribution is 2.17. The fourth-order valence-electron chi connectivity index (χ4n) is 1.32. The zero-order valence-electron chi connectivity index (χ0n) is 7.40. The summed E-state index contributed by atoms with van der Waals surface area (Å²) in [6, 6.07) is 0. The highest BCUT2D eigenvalue weighted by molar-refractivity contribution is 9.10. The lowest BCUT2D eigenvalue weighted by Gasteiger charge is -2.00.